The van der Waals surface area contributed by atoms with Crippen LogP contribution in [0.1, 0.15) is 32.1 Å². The lowest BCUT2D eigenvalue weighted by molar-refractivity contribution is 0.0772. The van der Waals surface area contributed by atoms with Gasteiger partial charge >= 0.3 is 5.69 Å². The van der Waals surface area contributed by atoms with E-state index in [-0.39, 0.29) is 5.69 Å². The van der Waals surface area contributed by atoms with Crippen LogP contribution in [0, 0.1) is 0 Å². The number of aromatic nitrogens is 2. The average molecular weight is 278 g/mol. The highest BCUT2D eigenvalue weighted by atomic mass is 16.1. The number of hydrogen-bond donors (Lipinski definition) is 1. The maximum absolute atomic E-state index is 11.4. The molecule has 0 bridgehead atoms. The fourth-order valence-electron chi connectivity index (χ4n) is 3.57. The van der Waals surface area contributed by atoms with Crippen molar-refractivity contribution in [2.45, 2.75) is 44.7 Å². The standard InChI is InChI=1S/C15H26N4O/c20-15-16-6-7-19(15)13-10-17-8-11-18(12-9-17)14-4-2-1-3-5-14/h6-7,14H,1-5,8-13H2,(H,16,20). The SMILES string of the molecule is O=c1[nH]ccn1CCN1CCN(C2CCCCC2)CC1. The van der Waals surface area contributed by atoms with Crippen LogP contribution in [0.2, 0.25) is 0 Å². The maximum atomic E-state index is 11.4. The molecule has 5 nitrogen and oxygen atoms in total. The molecule has 1 aromatic heterocycles. The summed E-state index contributed by atoms with van der Waals surface area (Å²) < 4.78 is 1.76. The summed E-state index contributed by atoms with van der Waals surface area (Å²) in [7, 11) is 0. The Labute approximate surface area is 120 Å². The van der Waals surface area contributed by atoms with Crippen LogP contribution >= 0.6 is 0 Å². The minimum absolute atomic E-state index is 0.00541. The first kappa shape index (κ1) is 13.9. The van der Waals surface area contributed by atoms with Gasteiger partial charge in [-0.15, -0.1) is 0 Å². The molecule has 0 atom stereocenters. The van der Waals surface area contributed by atoms with E-state index in [1.54, 1.807) is 10.8 Å². The zero-order valence-electron chi connectivity index (χ0n) is 12.3. The van der Waals surface area contributed by atoms with Crippen molar-refractivity contribution < 1.29 is 0 Å². The zero-order valence-corrected chi connectivity index (χ0v) is 12.3. The molecule has 0 spiro atoms. The molecule has 2 fully saturated rings. The zero-order chi connectivity index (χ0) is 13.8. The Bertz CT molecular complexity index is 452. The lowest BCUT2D eigenvalue weighted by Crippen LogP contribution is -2.51. The van der Waals surface area contributed by atoms with Crippen LogP contribution in [0.15, 0.2) is 17.2 Å². The Balaban J connectivity index is 1.42. The van der Waals surface area contributed by atoms with Crippen molar-refractivity contribution in [3.8, 4) is 0 Å². The molecule has 1 aliphatic carbocycles. The number of imidazole rings is 1. The molecule has 2 aliphatic rings. The number of H-pyrrole nitrogens is 1. The quantitative estimate of drug-likeness (QED) is 0.898. The van der Waals surface area contributed by atoms with Crippen molar-refractivity contribution in [1.29, 1.82) is 0 Å². The number of nitrogens with zero attached hydrogens (tertiary/aromatic N) is 3. The van der Waals surface area contributed by atoms with Crippen LogP contribution < -0.4 is 5.69 Å². The summed E-state index contributed by atoms with van der Waals surface area (Å²) in [5.41, 5.74) is 0.00541. The van der Waals surface area contributed by atoms with E-state index >= 15 is 0 Å². The molecule has 3 rings (SSSR count). The Morgan fingerprint density at radius 3 is 2.45 bits per heavy atom. The Morgan fingerprint density at radius 2 is 1.80 bits per heavy atom. The number of nitrogens with one attached hydrogen (secondary N) is 1. The van der Waals surface area contributed by atoms with Crippen LogP contribution in [-0.2, 0) is 6.54 Å². The second-order valence-corrected chi connectivity index (χ2v) is 6.13. The molecule has 112 valence electrons. The number of aromatic amines is 1. The molecular weight excluding hydrogens is 252 g/mol. The van der Waals surface area contributed by atoms with Gasteiger partial charge in [-0.1, -0.05) is 19.3 Å². The van der Waals surface area contributed by atoms with Crippen LogP contribution in [0.25, 0.3) is 0 Å². The van der Waals surface area contributed by atoms with E-state index in [1.807, 2.05) is 6.20 Å². The summed E-state index contributed by atoms with van der Waals surface area (Å²) in [5.74, 6) is 0. The maximum Gasteiger partial charge on any atom is 0.325 e. The van der Waals surface area contributed by atoms with E-state index in [2.05, 4.69) is 14.8 Å². The van der Waals surface area contributed by atoms with E-state index in [0.29, 0.717) is 0 Å². The van der Waals surface area contributed by atoms with Crippen LogP contribution in [0.3, 0.4) is 0 Å². The summed E-state index contributed by atoms with van der Waals surface area (Å²) in [4.78, 5) is 19.3. The second kappa shape index (κ2) is 6.59. The largest absolute Gasteiger partial charge is 0.325 e. The second-order valence-electron chi connectivity index (χ2n) is 6.13. The highest BCUT2D eigenvalue weighted by molar-refractivity contribution is 4.82. The lowest BCUT2D eigenvalue weighted by Gasteiger charge is -2.40. The molecule has 1 saturated carbocycles. The van der Waals surface area contributed by atoms with E-state index in [4.69, 9.17) is 0 Å². The van der Waals surface area contributed by atoms with Crippen molar-refractivity contribution in [3.63, 3.8) is 0 Å². The summed E-state index contributed by atoms with van der Waals surface area (Å²) >= 11 is 0. The Kier molecular flexibility index (Phi) is 4.58. The van der Waals surface area contributed by atoms with Gasteiger partial charge in [0.1, 0.15) is 0 Å². The normalized spacial score (nSPS) is 23.2. The third kappa shape index (κ3) is 3.33. The van der Waals surface area contributed by atoms with Gasteiger partial charge in [0.15, 0.2) is 0 Å². The van der Waals surface area contributed by atoms with Crippen molar-refractivity contribution >= 4 is 0 Å². The van der Waals surface area contributed by atoms with Gasteiger partial charge in [-0.05, 0) is 12.8 Å². The minimum atomic E-state index is 0.00541. The molecule has 5 heteroatoms. The highest BCUT2D eigenvalue weighted by Gasteiger charge is 2.24. The first-order chi connectivity index (χ1) is 9.83. The van der Waals surface area contributed by atoms with Gasteiger partial charge in [-0.25, -0.2) is 4.79 Å². The monoisotopic (exact) mass is 278 g/mol. The molecule has 0 unspecified atom stereocenters. The first-order valence-electron chi connectivity index (χ1n) is 8.03. The topological polar surface area (TPSA) is 44.3 Å². The fourth-order valence-corrected chi connectivity index (χ4v) is 3.57. The molecule has 20 heavy (non-hydrogen) atoms. The minimum Gasteiger partial charge on any atom is -0.313 e. The molecule has 1 aliphatic heterocycles. The van der Waals surface area contributed by atoms with Gasteiger partial charge in [-0.2, -0.15) is 0 Å². The molecule has 1 aromatic rings. The van der Waals surface area contributed by atoms with E-state index in [0.717, 1.165) is 32.2 Å². The Hall–Kier alpha value is -1.07. The molecule has 2 heterocycles. The van der Waals surface area contributed by atoms with E-state index in [9.17, 15) is 4.79 Å². The van der Waals surface area contributed by atoms with Crippen molar-refractivity contribution in [2.75, 3.05) is 32.7 Å². The van der Waals surface area contributed by atoms with Gasteiger partial charge in [0.05, 0.1) is 0 Å². The summed E-state index contributed by atoms with van der Waals surface area (Å²) in [6.45, 7) is 6.48. The van der Waals surface area contributed by atoms with Crippen molar-refractivity contribution in [2.24, 2.45) is 0 Å². The van der Waals surface area contributed by atoms with Gasteiger partial charge in [0.25, 0.3) is 0 Å². The van der Waals surface area contributed by atoms with E-state index < -0.39 is 0 Å². The number of hydrogen-bond acceptors (Lipinski definition) is 3. The van der Waals surface area contributed by atoms with Crippen LogP contribution in [-0.4, -0.2) is 58.1 Å². The smallest absolute Gasteiger partial charge is 0.313 e. The Morgan fingerprint density at radius 1 is 1.05 bits per heavy atom. The molecule has 1 N–H and O–H groups in total. The van der Waals surface area contributed by atoms with Gasteiger partial charge in [-0.3, -0.25) is 14.4 Å². The molecule has 1 saturated heterocycles. The van der Waals surface area contributed by atoms with Gasteiger partial charge < -0.3 is 4.98 Å². The summed E-state index contributed by atoms with van der Waals surface area (Å²) in [5, 5.41) is 0. The number of piperazine rings is 1. The van der Waals surface area contributed by atoms with Crippen molar-refractivity contribution in [3.05, 3.63) is 22.9 Å². The molecule has 0 amide bonds. The van der Waals surface area contributed by atoms with Gasteiger partial charge in [0, 0.05) is 57.7 Å². The molecular formula is C15H26N4O. The van der Waals surface area contributed by atoms with Gasteiger partial charge in [0.2, 0.25) is 0 Å². The predicted molar refractivity (Wildman–Crippen MR) is 79.9 cm³/mol. The van der Waals surface area contributed by atoms with Crippen LogP contribution in [0.5, 0.6) is 0 Å². The predicted octanol–water partition coefficient (Wildman–Crippen LogP) is 1.13. The summed E-state index contributed by atoms with van der Waals surface area (Å²) in [6, 6.07) is 0.846. The van der Waals surface area contributed by atoms with Crippen LogP contribution in [0.4, 0.5) is 0 Å². The summed E-state index contributed by atoms with van der Waals surface area (Å²) in [6.07, 6.45) is 10.6. The lowest BCUT2D eigenvalue weighted by atomic mass is 9.94. The molecule has 0 aromatic carbocycles. The third-order valence-electron chi connectivity index (χ3n) is 4.88. The average Bonchev–Trinajstić information content (AvgIpc) is 2.92. The fraction of sp³-hybridized carbons (Fsp3) is 0.800. The van der Waals surface area contributed by atoms with Crippen molar-refractivity contribution in [1.82, 2.24) is 19.4 Å². The third-order valence-corrected chi connectivity index (χ3v) is 4.88. The number of rotatable bonds is 4. The first-order valence-corrected chi connectivity index (χ1v) is 8.03. The molecule has 0 radical (unpaired) electrons. The highest BCUT2D eigenvalue weighted by Crippen LogP contribution is 2.23. The van der Waals surface area contributed by atoms with E-state index in [1.165, 1.54) is 45.2 Å².